The first-order chi connectivity index (χ1) is 11.5. The molecule has 8 heteroatoms. The summed E-state index contributed by atoms with van der Waals surface area (Å²) in [6.07, 6.45) is 1.28. The summed E-state index contributed by atoms with van der Waals surface area (Å²) in [6, 6.07) is 5.21. The molecule has 1 heterocycles. The summed E-state index contributed by atoms with van der Waals surface area (Å²) < 4.78 is 5.37. The van der Waals surface area contributed by atoms with Gasteiger partial charge in [0.15, 0.2) is 0 Å². The summed E-state index contributed by atoms with van der Waals surface area (Å²) in [5.41, 5.74) is 0.913. The van der Waals surface area contributed by atoms with Gasteiger partial charge in [0, 0.05) is 37.1 Å². The Morgan fingerprint density at radius 1 is 1.46 bits per heavy atom. The lowest BCUT2D eigenvalue weighted by molar-refractivity contribution is -0.137. The van der Waals surface area contributed by atoms with Gasteiger partial charge in [0.1, 0.15) is 5.75 Å². The van der Waals surface area contributed by atoms with Crippen LogP contribution in [-0.4, -0.2) is 49.9 Å². The van der Waals surface area contributed by atoms with Gasteiger partial charge in [-0.3, -0.25) is 4.79 Å². The van der Waals surface area contributed by atoms with Crippen molar-refractivity contribution in [2.75, 3.05) is 31.6 Å². The van der Waals surface area contributed by atoms with Crippen LogP contribution in [-0.2, 0) is 4.79 Å². The van der Waals surface area contributed by atoms with Gasteiger partial charge < -0.3 is 25.4 Å². The molecule has 1 atom stereocenters. The molecule has 0 bridgehead atoms. The number of nitrogens with one attached hydrogen (secondary N) is 2. The summed E-state index contributed by atoms with van der Waals surface area (Å²) in [5.74, 6) is -0.114. The average Bonchev–Trinajstić information content (AvgIpc) is 2.99. The summed E-state index contributed by atoms with van der Waals surface area (Å²) in [6.45, 7) is 1.80. The lowest BCUT2D eigenvalue weighted by Crippen LogP contribution is -2.43. The molecule has 2 rings (SSSR count). The van der Waals surface area contributed by atoms with Crippen LogP contribution in [0.15, 0.2) is 18.2 Å². The predicted octanol–water partition coefficient (Wildman–Crippen LogP) is 2.09. The quantitative estimate of drug-likeness (QED) is 0.651. The molecule has 24 heavy (non-hydrogen) atoms. The molecule has 2 amide bonds. The van der Waals surface area contributed by atoms with Gasteiger partial charge in [-0.1, -0.05) is 11.6 Å². The van der Waals surface area contributed by atoms with Gasteiger partial charge in [0.2, 0.25) is 0 Å². The predicted molar refractivity (Wildman–Crippen MR) is 92.0 cm³/mol. The summed E-state index contributed by atoms with van der Waals surface area (Å²) in [7, 11) is 1.61. The molecular formula is C16H22ClN3O4. The largest absolute Gasteiger partial charge is 0.495 e. The Labute approximate surface area is 145 Å². The number of hydrogen-bond donors (Lipinski definition) is 3. The fourth-order valence-corrected chi connectivity index (χ4v) is 2.85. The number of halogens is 1. The van der Waals surface area contributed by atoms with Gasteiger partial charge >= 0.3 is 12.0 Å². The molecule has 1 aliphatic rings. The minimum atomic E-state index is -0.862. The van der Waals surface area contributed by atoms with Crippen molar-refractivity contribution in [3.63, 3.8) is 0 Å². The molecule has 1 saturated heterocycles. The first-order valence-electron chi connectivity index (χ1n) is 7.84. The molecule has 0 aliphatic carbocycles. The van der Waals surface area contributed by atoms with Crippen molar-refractivity contribution in [1.82, 2.24) is 10.6 Å². The molecule has 1 unspecified atom stereocenters. The second kappa shape index (κ2) is 8.63. The summed E-state index contributed by atoms with van der Waals surface area (Å²) in [5, 5.41) is 14.8. The maximum atomic E-state index is 11.8. The minimum absolute atomic E-state index is 0.0214. The highest BCUT2D eigenvalue weighted by atomic mass is 35.5. The summed E-state index contributed by atoms with van der Waals surface area (Å²) >= 11 is 6.06. The van der Waals surface area contributed by atoms with E-state index in [2.05, 4.69) is 15.5 Å². The number of amides is 2. The van der Waals surface area contributed by atoms with Gasteiger partial charge in [-0.05, 0) is 31.0 Å². The number of carboxylic acids is 1. The molecule has 0 saturated carbocycles. The third kappa shape index (κ3) is 5.19. The van der Waals surface area contributed by atoms with Gasteiger partial charge in [-0.2, -0.15) is 0 Å². The second-order valence-electron chi connectivity index (χ2n) is 5.65. The lowest BCUT2D eigenvalue weighted by atomic mass is 10.2. The number of carbonyl (C=O) groups is 2. The van der Waals surface area contributed by atoms with Crippen molar-refractivity contribution in [2.45, 2.75) is 25.3 Å². The van der Waals surface area contributed by atoms with Gasteiger partial charge in [0.05, 0.1) is 12.8 Å². The van der Waals surface area contributed by atoms with Crippen LogP contribution in [0, 0.1) is 0 Å². The Morgan fingerprint density at radius 3 is 2.96 bits per heavy atom. The van der Waals surface area contributed by atoms with Gasteiger partial charge in [-0.15, -0.1) is 0 Å². The lowest BCUT2D eigenvalue weighted by Gasteiger charge is -2.21. The Bertz CT molecular complexity index is 597. The van der Waals surface area contributed by atoms with E-state index < -0.39 is 5.97 Å². The molecule has 0 spiro atoms. The highest BCUT2D eigenvalue weighted by molar-refractivity contribution is 6.30. The maximum Gasteiger partial charge on any atom is 0.315 e. The van der Waals surface area contributed by atoms with Crippen LogP contribution in [0.1, 0.15) is 19.3 Å². The van der Waals surface area contributed by atoms with Crippen LogP contribution in [0.25, 0.3) is 0 Å². The van der Waals surface area contributed by atoms with Crippen molar-refractivity contribution in [3.05, 3.63) is 23.2 Å². The van der Waals surface area contributed by atoms with E-state index in [4.69, 9.17) is 21.4 Å². The molecule has 0 radical (unpaired) electrons. The number of nitrogens with zero attached hydrogens (tertiary/aromatic N) is 1. The van der Waals surface area contributed by atoms with Crippen LogP contribution in [0.5, 0.6) is 5.75 Å². The van der Waals surface area contributed by atoms with E-state index in [1.165, 1.54) is 0 Å². The first-order valence-corrected chi connectivity index (χ1v) is 8.22. The van der Waals surface area contributed by atoms with E-state index >= 15 is 0 Å². The molecular weight excluding hydrogens is 334 g/mol. The number of urea groups is 1. The number of anilines is 1. The third-order valence-corrected chi connectivity index (χ3v) is 4.09. The first kappa shape index (κ1) is 18.2. The van der Waals surface area contributed by atoms with E-state index in [1.807, 2.05) is 12.1 Å². The SMILES string of the molecule is COc1ccc(Cl)cc1N1CCC(NC(=O)NCCCC(=O)O)C1. The van der Waals surface area contributed by atoms with Crippen LogP contribution >= 0.6 is 11.6 Å². The fraction of sp³-hybridized carbons (Fsp3) is 0.500. The van der Waals surface area contributed by atoms with Crippen molar-refractivity contribution >= 4 is 29.3 Å². The Hall–Kier alpha value is -2.15. The Balaban J connectivity index is 1.82. The zero-order valence-electron chi connectivity index (χ0n) is 13.5. The maximum absolute atomic E-state index is 11.8. The van der Waals surface area contributed by atoms with Crippen molar-refractivity contribution in [1.29, 1.82) is 0 Å². The van der Waals surface area contributed by atoms with Gasteiger partial charge in [-0.25, -0.2) is 4.79 Å². The second-order valence-corrected chi connectivity index (χ2v) is 6.08. The molecule has 1 aliphatic heterocycles. The molecule has 3 N–H and O–H groups in total. The number of hydrogen-bond acceptors (Lipinski definition) is 4. The fourth-order valence-electron chi connectivity index (χ4n) is 2.69. The normalized spacial score (nSPS) is 16.8. The minimum Gasteiger partial charge on any atom is -0.495 e. The highest BCUT2D eigenvalue weighted by Crippen LogP contribution is 2.33. The van der Waals surface area contributed by atoms with Crippen LogP contribution in [0.2, 0.25) is 5.02 Å². The number of carbonyl (C=O) groups excluding carboxylic acids is 1. The third-order valence-electron chi connectivity index (χ3n) is 3.86. The molecule has 1 fully saturated rings. The van der Waals surface area contributed by atoms with E-state index in [9.17, 15) is 9.59 Å². The van der Waals surface area contributed by atoms with Crippen LogP contribution in [0.3, 0.4) is 0 Å². The van der Waals surface area contributed by atoms with Gasteiger partial charge in [0.25, 0.3) is 0 Å². The molecule has 7 nitrogen and oxygen atoms in total. The number of ether oxygens (including phenoxy) is 1. The Morgan fingerprint density at radius 2 is 2.25 bits per heavy atom. The summed E-state index contributed by atoms with van der Waals surface area (Å²) in [4.78, 5) is 24.4. The smallest absolute Gasteiger partial charge is 0.315 e. The number of rotatable bonds is 7. The van der Waals surface area contributed by atoms with E-state index in [0.717, 1.165) is 24.4 Å². The standard InChI is InChI=1S/C16H22ClN3O4/c1-24-14-5-4-11(17)9-13(14)20-8-6-12(10-20)19-16(23)18-7-2-3-15(21)22/h4-5,9,12H,2-3,6-8,10H2,1H3,(H,21,22)(H2,18,19,23). The van der Waals surface area contributed by atoms with Crippen LogP contribution < -0.4 is 20.3 Å². The molecule has 0 aromatic heterocycles. The van der Waals surface area contributed by atoms with E-state index in [0.29, 0.717) is 24.5 Å². The van der Waals surface area contributed by atoms with E-state index in [-0.39, 0.29) is 18.5 Å². The van der Waals surface area contributed by atoms with Crippen molar-refractivity contribution < 1.29 is 19.4 Å². The highest BCUT2D eigenvalue weighted by Gasteiger charge is 2.26. The number of methoxy groups -OCH3 is 1. The number of carboxylic acid groups (broad SMARTS) is 1. The zero-order chi connectivity index (χ0) is 17.5. The molecule has 1 aromatic carbocycles. The topological polar surface area (TPSA) is 90.9 Å². The molecule has 1 aromatic rings. The number of benzene rings is 1. The van der Waals surface area contributed by atoms with Crippen molar-refractivity contribution in [3.8, 4) is 5.75 Å². The van der Waals surface area contributed by atoms with E-state index in [1.54, 1.807) is 13.2 Å². The zero-order valence-corrected chi connectivity index (χ0v) is 14.3. The van der Waals surface area contributed by atoms with Crippen LogP contribution in [0.4, 0.5) is 10.5 Å². The molecule has 132 valence electrons. The average molecular weight is 356 g/mol. The van der Waals surface area contributed by atoms with Crippen molar-refractivity contribution in [2.24, 2.45) is 0 Å². The number of aliphatic carboxylic acids is 1. The monoisotopic (exact) mass is 355 g/mol. The Kier molecular flexibility index (Phi) is 6.54.